The Bertz CT molecular complexity index is 551. The Morgan fingerprint density at radius 2 is 2.11 bits per heavy atom. The number of phenolic OH excluding ortho intramolecular Hbond substituents is 1. The van der Waals surface area contributed by atoms with Crippen LogP contribution in [0.2, 0.25) is 0 Å². The molecule has 0 aliphatic rings. The number of phenols is 1. The largest absolute Gasteiger partial charge is 0.502 e. The molecule has 2 atom stereocenters. The molecule has 8 nitrogen and oxygen atoms in total. The Hall–Kier alpha value is -2.50. The summed E-state index contributed by atoms with van der Waals surface area (Å²) in [5.41, 5.74) is -1.27. The van der Waals surface area contributed by atoms with Crippen molar-refractivity contribution in [3.05, 3.63) is 33.4 Å². The van der Waals surface area contributed by atoms with Crippen LogP contribution in [-0.4, -0.2) is 32.6 Å². The average Bonchev–Trinajstić information content (AvgIpc) is 2.38. The number of hydrogen-bond donors (Lipinski definition) is 3. The van der Waals surface area contributed by atoms with Crippen molar-refractivity contribution in [3.8, 4) is 11.8 Å². The van der Waals surface area contributed by atoms with Gasteiger partial charge in [0.1, 0.15) is 6.10 Å². The lowest BCUT2D eigenvalue weighted by molar-refractivity contribution is -0.386. The standard InChI is InChI=1S/C11H10N2O6/c12-2-1-9(15)11(17)6-3-7(5-14)10(16)8(4-6)13(18)19/h3-5,9,11,15-17H,1H2. The van der Waals surface area contributed by atoms with Crippen molar-refractivity contribution in [1.82, 2.24) is 0 Å². The summed E-state index contributed by atoms with van der Waals surface area (Å²) >= 11 is 0. The van der Waals surface area contributed by atoms with E-state index in [-0.39, 0.29) is 23.8 Å². The summed E-state index contributed by atoms with van der Waals surface area (Å²) in [6, 6.07) is 3.49. The minimum absolute atomic E-state index is 0.130. The fraction of sp³-hybridized carbons (Fsp3) is 0.273. The first-order chi connectivity index (χ1) is 8.92. The van der Waals surface area contributed by atoms with Crippen molar-refractivity contribution in [3.63, 3.8) is 0 Å². The predicted molar refractivity (Wildman–Crippen MR) is 61.3 cm³/mol. The van der Waals surface area contributed by atoms with Gasteiger partial charge in [-0.25, -0.2) is 0 Å². The third kappa shape index (κ3) is 3.04. The molecule has 0 aliphatic carbocycles. The highest BCUT2D eigenvalue weighted by molar-refractivity contribution is 5.82. The van der Waals surface area contributed by atoms with Crippen molar-refractivity contribution < 1.29 is 25.0 Å². The highest BCUT2D eigenvalue weighted by atomic mass is 16.6. The highest BCUT2D eigenvalue weighted by Crippen LogP contribution is 2.33. The van der Waals surface area contributed by atoms with Gasteiger partial charge in [-0.05, 0) is 11.6 Å². The SMILES string of the molecule is N#CCC(O)C(O)c1cc(C=O)c(O)c([N+](=O)[O-])c1. The molecule has 3 N–H and O–H groups in total. The van der Waals surface area contributed by atoms with Crippen LogP contribution in [0.25, 0.3) is 0 Å². The van der Waals surface area contributed by atoms with E-state index in [0.29, 0.717) is 0 Å². The smallest absolute Gasteiger partial charge is 0.311 e. The molecule has 0 radical (unpaired) electrons. The third-order valence-corrected chi connectivity index (χ3v) is 2.47. The topological polar surface area (TPSA) is 145 Å². The number of benzene rings is 1. The van der Waals surface area contributed by atoms with Gasteiger partial charge in [0.2, 0.25) is 5.75 Å². The van der Waals surface area contributed by atoms with Crippen LogP contribution in [0.15, 0.2) is 12.1 Å². The van der Waals surface area contributed by atoms with Crippen LogP contribution in [-0.2, 0) is 0 Å². The number of aromatic hydroxyl groups is 1. The Morgan fingerprint density at radius 1 is 1.47 bits per heavy atom. The quantitative estimate of drug-likeness (QED) is 0.397. The van der Waals surface area contributed by atoms with Crippen LogP contribution in [0, 0.1) is 21.4 Å². The van der Waals surface area contributed by atoms with Gasteiger partial charge in [0, 0.05) is 6.07 Å². The molecule has 19 heavy (non-hydrogen) atoms. The summed E-state index contributed by atoms with van der Waals surface area (Å²) in [6.45, 7) is 0. The van der Waals surface area contributed by atoms with E-state index in [2.05, 4.69) is 0 Å². The van der Waals surface area contributed by atoms with Crippen molar-refractivity contribution in [2.45, 2.75) is 18.6 Å². The molecule has 0 heterocycles. The van der Waals surface area contributed by atoms with Crippen LogP contribution in [0.1, 0.15) is 28.4 Å². The number of carbonyl (C=O) groups excluding carboxylic acids is 1. The number of rotatable bonds is 5. The molecule has 100 valence electrons. The number of aliphatic hydroxyl groups excluding tert-OH is 2. The number of carbonyl (C=O) groups is 1. The van der Waals surface area contributed by atoms with Gasteiger partial charge in [-0.2, -0.15) is 5.26 Å². The van der Waals surface area contributed by atoms with Gasteiger partial charge in [-0.1, -0.05) is 0 Å². The lowest BCUT2D eigenvalue weighted by atomic mass is 9.99. The van der Waals surface area contributed by atoms with E-state index in [0.717, 1.165) is 12.1 Å². The minimum Gasteiger partial charge on any atom is -0.502 e. The van der Waals surface area contributed by atoms with Crippen LogP contribution >= 0.6 is 0 Å². The molecular weight excluding hydrogens is 256 g/mol. The molecule has 0 aliphatic heterocycles. The first kappa shape index (κ1) is 14.6. The van der Waals surface area contributed by atoms with Crippen LogP contribution in [0.4, 0.5) is 5.69 Å². The van der Waals surface area contributed by atoms with E-state index < -0.39 is 28.6 Å². The van der Waals surface area contributed by atoms with Gasteiger partial charge in [0.15, 0.2) is 6.29 Å². The molecule has 1 rings (SSSR count). The molecule has 0 aromatic heterocycles. The van der Waals surface area contributed by atoms with Gasteiger partial charge in [-0.15, -0.1) is 0 Å². The molecule has 0 saturated heterocycles. The lowest BCUT2D eigenvalue weighted by Gasteiger charge is -2.16. The zero-order valence-electron chi connectivity index (χ0n) is 9.55. The molecule has 1 aromatic rings. The fourth-order valence-corrected chi connectivity index (χ4v) is 1.49. The number of aliphatic hydroxyl groups is 2. The fourth-order valence-electron chi connectivity index (χ4n) is 1.49. The number of nitro groups is 1. The van der Waals surface area contributed by atoms with Gasteiger partial charge < -0.3 is 15.3 Å². The molecule has 0 spiro atoms. The van der Waals surface area contributed by atoms with Gasteiger partial charge in [-0.3, -0.25) is 14.9 Å². The monoisotopic (exact) mass is 266 g/mol. The van der Waals surface area contributed by atoms with E-state index in [9.17, 15) is 30.2 Å². The summed E-state index contributed by atoms with van der Waals surface area (Å²) < 4.78 is 0. The first-order valence-corrected chi connectivity index (χ1v) is 5.12. The highest BCUT2D eigenvalue weighted by Gasteiger charge is 2.25. The van der Waals surface area contributed by atoms with Crippen LogP contribution < -0.4 is 0 Å². The van der Waals surface area contributed by atoms with Crippen molar-refractivity contribution in [1.29, 1.82) is 5.26 Å². The summed E-state index contributed by atoms with van der Waals surface area (Å²) in [5, 5.41) is 47.7. The Morgan fingerprint density at radius 3 is 2.58 bits per heavy atom. The molecule has 0 bridgehead atoms. The van der Waals surface area contributed by atoms with E-state index in [4.69, 9.17) is 5.26 Å². The molecular formula is C11H10N2O6. The second kappa shape index (κ2) is 5.90. The maximum atomic E-state index is 10.7. The van der Waals surface area contributed by atoms with E-state index in [1.807, 2.05) is 0 Å². The molecule has 1 aromatic carbocycles. The molecule has 0 fully saturated rings. The van der Waals surface area contributed by atoms with E-state index in [1.165, 1.54) is 0 Å². The average molecular weight is 266 g/mol. The van der Waals surface area contributed by atoms with Gasteiger partial charge >= 0.3 is 5.69 Å². The normalized spacial score (nSPS) is 13.3. The molecule has 8 heteroatoms. The Balaban J connectivity index is 3.30. The molecule has 0 saturated carbocycles. The van der Waals surface area contributed by atoms with Crippen molar-refractivity contribution >= 4 is 12.0 Å². The molecule has 0 amide bonds. The van der Waals surface area contributed by atoms with E-state index >= 15 is 0 Å². The maximum absolute atomic E-state index is 10.7. The zero-order chi connectivity index (χ0) is 14.6. The van der Waals surface area contributed by atoms with Crippen molar-refractivity contribution in [2.75, 3.05) is 0 Å². The summed E-state index contributed by atoms with van der Waals surface area (Å²) in [6.07, 6.45) is -3.21. The number of nitriles is 1. The Kier molecular flexibility index (Phi) is 4.52. The second-order valence-corrected chi connectivity index (χ2v) is 3.73. The minimum atomic E-state index is -1.57. The van der Waals surface area contributed by atoms with Crippen LogP contribution in [0.3, 0.4) is 0 Å². The molecule has 2 unspecified atom stereocenters. The van der Waals surface area contributed by atoms with Crippen molar-refractivity contribution in [2.24, 2.45) is 0 Å². The lowest BCUT2D eigenvalue weighted by Crippen LogP contribution is -2.17. The number of nitro benzene ring substituents is 1. The maximum Gasteiger partial charge on any atom is 0.311 e. The second-order valence-electron chi connectivity index (χ2n) is 3.73. The Labute approximate surface area is 107 Å². The summed E-state index contributed by atoms with van der Waals surface area (Å²) in [7, 11) is 0. The number of aldehydes is 1. The predicted octanol–water partition coefficient (Wildman–Crippen LogP) is 0.421. The van der Waals surface area contributed by atoms with E-state index in [1.54, 1.807) is 6.07 Å². The zero-order valence-corrected chi connectivity index (χ0v) is 9.55. The number of hydrogen-bond acceptors (Lipinski definition) is 7. The van der Waals surface area contributed by atoms with Gasteiger partial charge in [0.05, 0.1) is 29.1 Å². The third-order valence-electron chi connectivity index (χ3n) is 2.47. The summed E-state index contributed by atoms with van der Waals surface area (Å²) in [4.78, 5) is 20.5. The van der Waals surface area contributed by atoms with Gasteiger partial charge in [0.25, 0.3) is 0 Å². The number of nitrogens with zero attached hydrogens (tertiary/aromatic N) is 2. The van der Waals surface area contributed by atoms with Crippen LogP contribution in [0.5, 0.6) is 5.75 Å². The first-order valence-electron chi connectivity index (χ1n) is 5.12. The summed E-state index contributed by atoms with van der Waals surface area (Å²) in [5.74, 6) is -0.814.